The van der Waals surface area contributed by atoms with Crippen LogP contribution in [0.25, 0.3) is 0 Å². The number of hydrogen-bond acceptors (Lipinski definition) is 3. The summed E-state index contributed by atoms with van der Waals surface area (Å²) in [6.07, 6.45) is 0. The number of thioether (sulfide) groups is 1. The van der Waals surface area contributed by atoms with Gasteiger partial charge in [0.25, 0.3) is 0 Å². The number of rotatable bonds is 4. The third-order valence-corrected chi connectivity index (χ3v) is 2.64. The molecule has 0 aliphatic carbocycles. The van der Waals surface area contributed by atoms with Crippen LogP contribution in [0.3, 0.4) is 0 Å². The second kappa shape index (κ2) is 6.34. The molecule has 1 aromatic carbocycles. The summed E-state index contributed by atoms with van der Waals surface area (Å²) in [6, 6.07) is 4.17. The number of amidine groups is 1. The molecule has 0 aliphatic heterocycles. The number of benzene rings is 1. The Morgan fingerprint density at radius 1 is 1.56 bits per heavy atom. The maximum absolute atomic E-state index is 13.2. The molecule has 0 radical (unpaired) electrons. The van der Waals surface area contributed by atoms with E-state index in [1.54, 1.807) is 0 Å². The van der Waals surface area contributed by atoms with Gasteiger partial charge in [-0.05, 0) is 12.1 Å². The molecule has 0 aromatic heterocycles. The second-order valence-corrected chi connectivity index (χ2v) is 3.73. The van der Waals surface area contributed by atoms with Crippen molar-refractivity contribution in [2.24, 2.45) is 5.73 Å². The predicted molar refractivity (Wildman–Crippen MR) is 63.0 cm³/mol. The van der Waals surface area contributed by atoms with Crippen molar-refractivity contribution in [2.45, 2.75) is 4.90 Å². The average molecular weight is 265 g/mol. The molecule has 0 aliphatic rings. The fraction of sp³-hybridized carbons (Fsp3) is 0.111. The molecule has 0 spiro atoms. The van der Waals surface area contributed by atoms with Gasteiger partial charge in [-0.25, -0.2) is 4.39 Å². The number of nitrogens with one attached hydrogen (secondary N) is 1. The summed E-state index contributed by atoms with van der Waals surface area (Å²) in [7, 11) is 0. The summed E-state index contributed by atoms with van der Waals surface area (Å²) in [5.74, 6) is -2.21. The van der Waals surface area contributed by atoms with Gasteiger partial charge in [0.05, 0.1) is 11.3 Å². The molecule has 1 rings (SSSR count). The number of nitrogens with two attached hydrogens (primary N) is 1. The standard InChI is InChI=1S/C9H9FN2O2S.ClH/c10-5-2-1-3-6(8(5)9(11)12)15-4-7(13)14;/h1-3H,4H2,(H3,11,12)(H,13,14);1H. The molecule has 7 heteroatoms. The number of aliphatic carboxylic acids is 1. The van der Waals surface area contributed by atoms with Crippen LogP contribution in [0.5, 0.6) is 0 Å². The third-order valence-electron chi connectivity index (χ3n) is 1.60. The summed E-state index contributed by atoms with van der Waals surface area (Å²) < 4.78 is 13.2. The van der Waals surface area contributed by atoms with Crippen molar-refractivity contribution in [1.82, 2.24) is 0 Å². The minimum Gasteiger partial charge on any atom is -0.481 e. The monoisotopic (exact) mass is 264 g/mol. The Hall–Kier alpha value is -1.27. The van der Waals surface area contributed by atoms with Gasteiger partial charge >= 0.3 is 5.97 Å². The average Bonchev–Trinajstić information content (AvgIpc) is 2.13. The van der Waals surface area contributed by atoms with E-state index >= 15 is 0 Å². The lowest BCUT2D eigenvalue weighted by Gasteiger charge is -2.07. The molecule has 0 amide bonds. The Balaban J connectivity index is 0.00000225. The van der Waals surface area contributed by atoms with E-state index in [-0.39, 0.29) is 23.7 Å². The normalized spacial score (nSPS) is 9.31. The summed E-state index contributed by atoms with van der Waals surface area (Å²) in [4.78, 5) is 10.7. The highest BCUT2D eigenvalue weighted by atomic mass is 35.5. The quantitative estimate of drug-likeness (QED) is 0.439. The van der Waals surface area contributed by atoms with Crippen LogP contribution in [-0.4, -0.2) is 22.7 Å². The van der Waals surface area contributed by atoms with E-state index in [1.807, 2.05) is 0 Å². The highest BCUT2D eigenvalue weighted by Gasteiger charge is 2.12. The summed E-state index contributed by atoms with van der Waals surface area (Å²) >= 11 is 0.937. The van der Waals surface area contributed by atoms with E-state index in [0.717, 1.165) is 11.8 Å². The molecule has 16 heavy (non-hydrogen) atoms. The maximum Gasteiger partial charge on any atom is 0.313 e. The van der Waals surface area contributed by atoms with Crippen LogP contribution < -0.4 is 5.73 Å². The first kappa shape index (κ1) is 14.7. The van der Waals surface area contributed by atoms with Crippen LogP contribution in [0.1, 0.15) is 5.56 Å². The number of nitrogen functional groups attached to an aromatic ring is 1. The Morgan fingerprint density at radius 2 is 2.19 bits per heavy atom. The molecule has 88 valence electrons. The van der Waals surface area contributed by atoms with E-state index < -0.39 is 17.6 Å². The first-order chi connectivity index (χ1) is 7.02. The SMILES string of the molecule is Cl.N=C(N)c1c(F)cccc1SCC(=O)O. The maximum atomic E-state index is 13.2. The van der Waals surface area contributed by atoms with Crippen LogP contribution in [0.4, 0.5) is 4.39 Å². The lowest BCUT2D eigenvalue weighted by atomic mass is 10.2. The van der Waals surface area contributed by atoms with Gasteiger partial charge in [-0.3, -0.25) is 10.2 Å². The zero-order chi connectivity index (χ0) is 11.4. The van der Waals surface area contributed by atoms with Crippen LogP contribution >= 0.6 is 24.2 Å². The smallest absolute Gasteiger partial charge is 0.313 e. The summed E-state index contributed by atoms with van der Waals surface area (Å²) in [5, 5.41) is 15.7. The number of carboxylic acids is 1. The second-order valence-electron chi connectivity index (χ2n) is 2.71. The van der Waals surface area contributed by atoms with Gasteiger partial charge in [-0.1, -0.05) is 6.07 Å². The van der Waals surface area contributed by atoms with E-state index in [0.29, 0.717) is 4.90 Å². The van der Waals surface area contributed by atoms with Crippen molar-refractivity contribution < 1.29 is 14.3 Å². The zero-order valence-corrected chi connectivity index (χ0v) is 9.70. The first-order valence-electron chi connectivity index (χ1n) is 4.00. The molecule has 4 N–H and O–H groups in total. The van der Waals surface area contributed by atoms with Crippen molar-refractivity contribution in [3.05, 3.63) is 29.6 Å². The van der Waals surface area contributed by atoms with Crippen LogP contribution in [0.2, 0.25) is 0 Å². The Kier molecular flexibility index (Phi) is 5.84. The topological polar surface area (TPSA) is 87.2 Å². The Bertz CT molecular complexity index is 414. The lowest BCUT2D eigenvalue weighted by molar-refractivity contribution is -0.133. The molecule has 0 fully saturated rings. The minimum atomic E-state index is -1.00. The Labute approximate surface area is 102 Å². The van der Waals surface area contributed by atoms with Crippen molar-refractivity contribution >= 4 is 36.0 Å². The highest BCUT2D eigenvalue weighted by Crippen LogP contribution is 2.24. The van der Waals surface area contributed by atoms with E-state index in [2.05, 4.69) is 0 Å². The predicted octanol–water partition coefficient (Wildman–Crippen LogP) is 1.71. The molecular formula is C9H10ClFN2O2S. The molecule has 0 bridgehead atoms. The van der Waals surface area contributed by atoms with E-state index in [9.17, 15) is 9.18 Å². The van der Waals surface area contributed by atoms with Crippen molar-refractivity contribution in [3.8, 4) is 0 Å². The minimum absolute atomic E-state index is 0. The summed E-state index contributed by atoms with van der Waals surface area (Å²) in [5.41, 5.74) is 5.17. The molecule has 0 atom stereocenters. The van der Waals surface area contributed by atoms with Gasteiger partial charge in [-0.15, -0.1) is 24.2 Å². The largest absolute Gasteiger partial charge is 0.481 e. The zero-order valence-electron chi connectivity index (χ0n) is 8.07. The lowest BCUT2D eigenvalue weighted by Crippen LogP contribution is -2.15. The van der Waals surface area contributed by atoms with E-state index in [1.165, 1.54) is 18.2 Å². The van der Waals surface area contributed by atoms with Gasteiger partial charge in [0, 0.05) is 4.90 Å². The molecule has 0 saturated heterocycles. The van der Waals surface area contributed by atoms with Gasteiger partial charge in [0.15, 0.2) is 0 Å². The van der Waals surface area contributed by atoms with Crippen LogP contribution in [0, 0.1) is 11.2 Å². The fourth-order valence-corrected chi connectivity index (χ4v) is 1.83. The molecular weight excluding hydrogens is 255 g/mol. The van der Waals surface area contributed by atoms with Gasteiger partial charge in [0.2, 0.25) is 0 Å². The van der Waals surface area contributed by atoms with Crippen molar-refractivity contribution in [1.29, 1.82) is 5.41 Å². The molecule has 0 saturated carbocycles. The number of carbonyl (C=O) groups is 1. The van der Waals surface area contributed by atoms with Gasteiger partial charge < -0.3 is 10.8 Å². The third kappa shape index (κ3) is 3.71. The molecule has 0 heterocycles. The van der Waals surface area contributed by atoms with Crippen LogP contribution in [0.15, 0.2) is 23.1 Å². The van der Waals surface area contributed by atoms with Crippen LogP contribution in [-0.2, 0) is 4.79 Å². The molecule has 0 unspecified atom stereocenters. The number of halogens is 2. The number of carboxylic acid groups (broad SMARTS) is 1. The van der Waals surface area contributed by atoms with Crippen molar-refractivity contribution in [3.63, 3.8) is 0 Å². The fourth-order valence-electron chi connectivity index (χ4n) is 1.03. The first-order valence-corrected chi connectivity index (χ1v) is 4.98. The van der Waals surface area contributed by atoms with E-state index in [4.69, 9.17) is 16.2 Å². The van der Waals surface area contributed by atoms with Gasteiger partial charge in [-0.2, -0.15) is 0 Å². The molecule has 1 aromatic rings. The van der Waals surface area contributed by atoms with Crippen molar-refractivity contribution in [2.75, 3.05) is 5.75 Å². The molecule has 4 nitrogen and oxygen atoms in total. The summed E-state index contributed by atoms with van der Waals surface area (Å²) in [6.45, 7) is 0. The number of hydrogen-bond donors (Lipinski definition) is 3. The Morgan fingerprint density at radius 3 is 2.69 bits per heavy atom. The van der Waals surface area contributed by atoms with Gasteiger partial charge in [0.1, 0.15) is 11.7 Å². The highest BCUT2D eigenvalue weighted by molar-refractivity contribution is 8.00.